The van der Waals surface area contributed by atoms with Crippen molar-refractivity contribution in [1.29, 1.82) is 0 Å². The summed E-state index contributed by atoms with van der Waals surface area (Å²) < 4.78 is 29.1. The minimum Gasteiger partial charge on any atom is -1.00 e. The van der Waals surface area contributed by atoms with Crippen molar-refractivity contribution in [3.63, 3.8) is 0 Å². The zero-order chi connectivity index (χ0) is 20.8. The van der Waals surface area contributed by atoms with E-state index in [1.54, 1.807) is 42.7 Å². The third kappa shape index (κ3) is 63.0. The molecule has 0 radical (unpaired) electrons. The van der Waals surface area contributed by atoms with E-state index in [1.807, 2.05) is 0 Å². The summed E-state index contributed by atoms with van der Waals surface area (Å²) >= 11 is 0. The first-order valence-electron chi connectivity index (χ1n) is 9.63. The first kappa shape index (κ1) is 44.8. The van der Waals surface area contributed by atoms with Crippen molar-refractivity contribution in [2.24, 2.45) is 0 Å². The Bertz CT molecular complexity index is 185. The van der Waals surface area contributed by atoms with Crippen LogP contribution in [0.1, 0.15) is 0 Å². The average molecular weight is 645 g/mol. The van der Waals surface area contributed by atoms with E-state index in [2.05, 4.69) is 16.0 Å². The largest absolute Gasteiger partial charge is 1.00 e. The second kappa shape index (κ2) is 52.2. The van der Waals surface area contributed by atoms with Gasteiger partial charge in [-0.15, -0.1) is 0 Å². The van der Waals surface area contributed by atoms with Crippen molar-refractivity contribution in [1.82, 2.24) is 0 Å². The van der Waals surface area contributed by atoms with Gasteiger partial charge in [0.25, 0.3) is 0 Å². The van der Waals surface area contributed by atoms with Gasteiger partial charge in [0.15, 0.2) is 0 Å². The van der Waals surface area contributed by atoms with Gasteiger partial charge in [-0.25, -0.2) is 0 Å². The number of ether oxygens (including phenoxy) is 6. The Labute approximate surface area is 218 Å². The number of hydrogen-bond acceptors (Lipinski definition) is 6. The van der Waals surface area contributed by atoms with Crippen molar-refractivity contribution in [3.05, 3.63) is 0 Å². The molecular formula is C18H48BrClIN3O6. The quantitative estimate of drug-likeness (QED) is 0.101. The topological polar surface area (TPSA) is 105 Å². The van der Waals surface area contributed by atoms with Crippen LogP contribution in [0.15, 0.2) is 0 Å². The fourth-order valence-electron chi connectivity index (χ4n) is 1.64. The van der Waals surface area contributed by atoms with E-state index < -0.39 is 0 Å². The lowest BCUT2D eigenvalue weighted by molar-refractivity contribution is -0.657. The molecule has 0 saturated heterocycles. The highest BCUT2D eigenvalue weighted by Crippen LogP contribution is 1.59. The molecule has 0 saturated carbocycles. The molecule has 0 heterocycles. The molecule has 0 rings (SSSR count). The number of halogens is 3. The zero-order valence-electron chi connectivity index (χ0n) is 19.8. The van der Waals surface area contributed by atoms with E-state index in [9.17, 15) is 0 Å². The predicted octanol–water partition coefficient (Wildman–Crippen LogP) is -12.5. The third-order valence-corrected chi connectivity index (χ3v) is 3.16. The van der Waals surface area contributed by atoms with Crippen LogP contribution in [0.4, 0.5) is 0 Å². The summed E-state index contributed by atoms with van der Waals surface area (Å²) in [5, 5.41) is 6.52. The van der Waals surface area contributed by atoms with Crippen molar-refractivity contribution in [3.8, 4) is 0 Å². The molecule has 0 aliphatic rings. The summed E-state index contributed by atoms with van der Waals surface area (Å²) in [6.07, 6.45) is 0. The Morgan fingerprint density at radius 3 is 0.633 bits per heavy atom. The fraction of sp³-hybridized carbons (Fsp3) is 1.00. The van der Waals surface area contributed by atoms with Gasteiger partial charge in [-0.1, -0.05) is 0 Å². The van der Waals surface area contributed by atoms with Crippen LogP contribution in [0, 0.1) is 0 Å². The van der Waals surface area contributed by atoms with Gasteiger partial charge in [0, 0.05) is 42.7 Å². The van der Waals surface area contributed by atoms with Crippen molar-refractivity contribution in [2.45, 2.75) is 0 Å². The van der Waals surface area contributed by atoms with Crippen molar-refractivity contribution >= 4 is 0 Å². The summed E-state index contributed by atoms with van der Waals surface area (Å²) in [6.45, 7) is 11.1. The molecule has 6 N–H and O–H groups in total. The Balaban J connectivity index is -0.0000000686. The van der Waals surface area contributed by atoms with Gasteiger partial charge in [-0.3, -0.25) is 0 Å². The SMILES string of the molecule is COCC[NH2+]CCOC.COCC[NH2+]CCOC.COCC[NH2+]CCOC.[Br-].[Cl-].[I-]. The molecule has 0 fully saturated rings. The lowest BCUT2D eigenvalue weighted by Crippen LogP contribution is -3.00. The number of quaternary nitrogens is 3. The Morgan fingerprint density at radius 1 is 0.400 bits per heavy atom. The van der Waals surface area contributed by atoms with Crippen LogP contribution in [-0.4, -0.2) is 122 Å². The zero-order valence-corrected chi connectivity index (χ0v) is 24.3. The molecule has 0 aliphatic heterocycles. The average Bonchev–Trinajstić information content (AvgIpc) is 2.69. The van der Waals surface area contributed by atoms with Gasteiger partial charge in [0.1, 0.15) is 0 Å². The highest BCUT2D eigenvalue weighted by atomic mass is 127. The second-order valence-electron chi connectivity index (χ2n) is 5.55. The number of nitrogens with two attached hydrogens (primary N) is 3. The summed E-state index contributed by atoms with van der Waals surface area (Å²) in [5.74, 6) is 0. The molecule has 0 unspecified atom stereocenters. The standard InChI is InChI=1S/3C6H15NO2.BrH.ClH.HI/c3*1-8-5-3-7-4-6-9-2;;;/h3*7H,3-6H2,1-2H3;3*1H. The molecule has 30 heavy (non-hydrogen) atoms. The molecular weight excluding hydrogens is 596 g/mol. The van der Waals surface area contributed by atoms with E-state index in [1.165, 1.54) is 0 Å². The van der Waals surface area contributed by atoms with Crippen LogP contribution in [0.3, 0.4) is 0 Å². The van der Waals surface area contributed by atoms with Crippen molar-refractivity contribution in [2.75, 3.05) is 122 Å². The maximum absolute atomic E-state index is 4.85. The van der Waals surface area contributed by atoms with Gasteiger partial charge < -0.3 is 97.7 Å². The molecule has 0 aliphatic carbocycles. The van der Waals surface area contributed by atoms with Crippen LogP contribution in [-0.2, 0) is 28.4 Å². The summed E-state index contributed by atoms with van der Waals surface area (Å²) in [6, 6.07) is 0. The van der Waals surface area contributed by atoms with E-state index >= 15 is 0 Å². The maximum atomic E-state index is 4.85. The molecule has 0 atom stereocenters. The van der Waals surface area contributed by atoms with Gasteiger partial charge >= 0.3 is 0 Å². The number of hydrogen-bond donors (Lipinski definition) is 3. The summed E-state index contributed by atoms with van der Waals surface area (Å²) in [7, 11) is 10.3. The minimum absolute atomic E-state index is 0. The van der Waals surface area contributed by atoms with Crippen LogP contribution in [0.2, 0.25) is 0 Å². The van der Waals surface area contributed by atoms with E-state index in [4.69, 9.17) is 28.4 Å². The molecule has 0 spiro atoms. The summed E-state index contributed by atoms with van der Waals surface area (Å²) in [5.41, 5.74) is 0. The lowest BCUT2D eigenvalue weighted by Gasteiger charge is -1.98. The number of rotatable bonds is 18. The normalized spacial score (nSPS) is 9.00. The molecule has 0 bridgehead atoms. The molecule has 0 aromatic rings. The first-order chi connectivity index (χ1) is 13.2. The fourth-order valence-corrected chi connectivity index (χ4v) is 1.64. The Kier molecular flexibility index (Phi) is 77.9. The molecule has 0 aromatic carbocycles. The monoisotopic (exact) mass is 643 g/mol. The molecule has 0 amide bonds. The second-order valence-corrected chi connectivity index (χ2v) is 5.55. The molecule has 12 heteroatoms. The minimum atomic E-state index is 0. The third-order valence-electron chi connectivity index (χ3n) is 3.16. The molecule has 0 aromatic heterocycles. The van der Waals surface area contributed by atoms with Gasteiger partial charge in [0.2, 0.25) is 0 Å². The highest BCUT2D eigenvalue weighted by Gasteiger charge is 1.88. The van der Waals surface area contributed by atoms with Crippen LogP contribution in [0.5, 0.6) is 0 Å². The smallest absolute Gasteiger partial charge is 0.0993 e. The number of methoxy groups -OCH3 is 6. The lowest BCUT2D eigenvalue weighted by atomic mass is 10.6. The summed E-state index contributed by atoms with van der Waals surface area (Å²) in [4.78, 5) is 0. The van der Waals surface area contributed by atoms with Crippen LogP contribution < -0.4 is 69.3 Å². The van der Waals surface area contributed by atoms with Crippen LogP contribution in [0.25, 0.3) is 0 Å². The van der Waals surface area contributed by atoms with Crippen molar-refractivity contribution < 1.29 is 97.7 Å². The van der Waals surface area contributed by atoms with E-state index in [0.29, 0.717) is 0 Å². The van der Waals surface area contributed by atoms with E-state index in [0.717, 1.165) is 78.9 Å². The Hall–Kier alpha value is 1.14. The van der Waals surface area contributed by atoms with Gasteiger partial charge in [-0.05, 0) is 0 Å². The maximum Gasteiger partial charge on any atom is 0.0993 e. The van der Waals surface area contributed by atoms with Gasteiger partial charge in [0.05, 0.1) is 78.9 Å². The van der Waals surface area contributed by atoms with Crippen LogP contribution >= 0.6 is 0 Å². The van der Waals surface area contributed by atoms with E-state index in [-0.39, 0.29) is 53.4 Å². The highest BCUT2D eigenvalue weighted by molar-refractivity contribution is 4.22. The predicted molar refractivity (Wildman–Crippen MR) is 106 cm³/mol. The molecule has 9 nitrogen and oxygen atoms in total. The molecule has 192 valence electrons. The first-order valence-corrected chi connectivity index (χ1v) is 9.63. The van der Waals surface area contributed by atoms with Gasteiger partial charge in [-0.2, -0.15) is 0 Å². The Morgan fingerprint density at radius 2 is 0.533 bits per heavy atom.